The van der Waals surface area contributed by atoms with E-state index in [1.807, 2.05) is 73.7 Å². The molecule has 130 valence electrons. The third-order valence-electron chi connectivity index (χ3n) is 4.09. The quantitative estimate of drug-likeness (QED) is 0.547. The molecule has 3 rings (SSSR count). The van der Waals surface area contributed by atoms with Crippen LogP contribution in [0.4, 0.5) is 0 Å². The van der Waals surface area contributed by atoms with Crippen LogP contribution in [0.25, 0.3) is 11.1 Å². The van der Waals surface area contributed by atoms with E-state index in [0.29, 0.717) is 5.56 Å². The number of nitrogens with one attached hydrogen (secondary N) is 1. The molecule has 0 aliphatic carbocycles. The molecule has 26 heavy (non-hydrogen) atoms. The van der Waals surface area contributed by atoms with Crippen LogP contribution in [0.5, 0.6) is 5.75 Å². The number of ether oxygens (including phenoxy) is 1. The van der Waals surface area contributed by atoms with Gasteiger partial charge in [-0.1, -0.05) is 42.5 Å². The highest BCUT2D eigenvalue weighted by Crippen LogP contribution is 2.19. The van der Waals surface area contributed by atoms with Gasteiger partial charge >= 0.3 is 0 Å². The van der Waals surface area contributed by atoms with E-state index in [4.69, 9.17) is 4.74 Å². The minimum absolute atomic E-state index is 0.238. The van der Waals surface area contributed by atoms with E-state index in [-0.39, 0.29) is 5.91 Å². The van der Waals surface area contributed by atoms with Gasteiger partial charge in [-0.3, -0.25) is 4.79 Å². The maximum Gasteiger partial charge on any atom is 0.271 e. The first-order valence-electron chi connectivity index (χ1n) is 8.32. The molecule has 0 spiro atoms. The molecular formula is C22H20N2O2. The fraction of sp³-hybridized carbons (Fsp3) is 0.0909. The molecule has 0 bridgehead atoms. The summed E-state index contributed by atoms with van der Waals surface area (Å²) in [6.07, 6.45) is 0. The van der Waals surface area contributed by atoms with Crippen LogP contribution in [0.15, 0.2) is 84.0 Å². The number of hydrogen-bond acceptors (Lipinski definition) is 3. The molecule has 0 atom stereocenters. The van der Waals surface area contributed by atoms with Crippen molar-refractivity contribution in [2.75, 3.05) is 7.11 Å². The Balaban J connectivity index is 1.67. The second-order valence-corrected chi connectivity index (χ2v) is 5.81. The number of hydrazone groups is 1. The van der Waals surface area contributed by atoms with Gasteiger partial charge in [0.1, 0.15) is 5.75 Å². The van der Waals surface area contributed by atoms with E-state index in [1.165, 1.54) is 0 Å². The molecule has 0 radical (unpaired) electrons. The summed E-state index contributed by atoms with van der Waals surface area (Å²) in [5.74, 6) is 0.543. The molecule has 1 amide bonds. The number of amides is 1. The standard InChI is InChI=1S/C22H20N2O2/c1-16(17-12-14-21(26-2)15-13-17)23-24-22(25)20-10-8-19(9-11-20)18-6-4-3-5-7-18/h3-15H,1-2H3,(H,24,25)/b23-16+. The molecule has 1 N–H and O–H groups in total. The van der Waals surface area contributed by atoms with E-state index >= 15 is 0 Å². The predicted octanol–water partition coefficient (Wildman–Crippen LogP) is 4.52. The van der Waals surface area contributed by atoms with E-state index in [9.17, 15) is 4.79 Å². The average molecular weight is 344 g/mol. The summed E-state index contributed by atoms with van der Waals surface area (Å²) in [5, 5.41) is 4.18. The molecule has 0 saturated carbocycles. The van der Waals surface area contributed by atoms with Crippen LogP contribution in [0.1, 0.15) is 22.8 Å². The zero-order valence-electron chi connectivity index (χ0n) is 14.8. The van der Waals surface area contributed by atoms with Crippen LogP contribution in [-0.2, 0) is 0 Å². The normalized spacial score (nSPS) is 11.1. The summed E-state index contributed by atoms with van der Waals surface area (Å²) in [5.41, 5.74) is 7.00. The molecule has 0 aromatic heterocycles. The first-order chi connectivity index (χ1) is 12.7. The second-order valence-electron chi connectivity index (χ2n) is 5.81. The molecule has 3 aromatic carbocycles. The predicted molar refractivity (Wildman–Crippen MR) is 105 cm³/mol. The van der Waals surface area contributed by atoms with Crippen LogP contribution in [-0.4, -0.2) is 18.7 Å². The van der Waals surface area contributed by atoms with Gasteiger partial charge in [0.15, 0.2) is 0 Å². The van der Waals surface area contributed by atoms with Crippen LogP contribution in [0, 0.1) is 0 Å². The number of nitrogens with zero attached hydrogens (tertiary/aromatic N) is 1. The average Bonchev–Trinajstić information content (AvgIpc) is 2.72. The molecule has 4 heteroatoms. The zero-order chi connectivity index (χ0) is 18.4. The Labute approximate surface area is 153 Å². The van der Waals surface area contributed by atoms with E-state index in [0.717, 1.165) is 28.2 Å². The molecule has 0 aliphatic rings. The van der Waals surface area contributed by atoms with Crippen molar-refractivity contribution in [2.24, 2.45) is 5.10 Å². The lowest BCUT2D eigenvalue weighted by molar-refractivity contribution is 0.0955. The van der Waals surface area contributed by atoms with Crippen LogP contribution in [0.3, 0.4) is 0 Å². The molecule has 0 heterocycles. The number of carbonyl (C=O) groups excluding carboxylic acids is 1. The van der Waals surface area contributed by atoms with Gasteiger partial charge in [0.2, 0.25) is 0 Å². The minimum atomic E-state index is -0.238. The summed E-state index contributed by atoms with van der Waals surface area (Å²) < 4.78 is 5.14. The van der Waals surface area contributed by atoms with Gasteiger partial charge in [0.25, 0.3) is 5.91 Å². The first-order valence-corrected chi connectivity index (χ1v) is 8.32. The fourth-order valence-electron chi connectivity index (χ4n) is 2.54. The largest absolute Gasteiger partial charge is 0.497 e. The van der Waals surface area contributed by atoms with E-state index in [1.54, 1.807) is 19.2 Å². The van der Waals surface area contributed by atoms with E-state index < -0.39 is 0 Å². The smallest absolute Gasteiger partial charge is 0.271 e. The molecule has 0 aliphatic heterocycles. The van der Waals surface area contributed by atoms with Gasteiger partial charge in [-0.05, 0) is 60.0 Å². The van der Waals surface area contributed by atoms with Gasteiger partial charge < -0.3 is 4.74 Å². The van der Waals surface area contributed by atoms with Crippen molar-refractivity contribution in [2.45, 2.75) is 6.92 Å². The summed E-state index contributed by atoms with van der Waals surface area (Å²) in [4.78, 5) is 12.3. The Morgan fingerprint density at radius 2 is 1.38 bits per heavy atom. The zero-order valence-corrected chi connectivity index (χ0v) is 14.8. The van der Waals surface area contributed by atoms with Crippen LogP contribution < -0.4 is 10.2 Å². The SMILES string of the molecule is COc1ccc(/C(C)=N/NC(=O)c2ccc(-c3ccccc3)cc2)cc1. The van der Waals surface area contributed by atoms with E-state index in [2.05, 4.69) is 10.5 Å². The van der Waals surface area contributed by atoms with Crippen molar-refractivity contribution in [3.8, 4) is 16.9 Å². The maximum atomic E-state index is 12.3. The number of carbonyl (C=O) groups is 1. The van der Waals surface area contributed by atoms with Gasteiger partial charge in [-0.2, -0.15) is 5.10 Å². The van der Waals surface area contributed by atoms with Crippen molar-refractivity contribution in [3.63, 3.8) is 0 Å². The monoisotopic (exact) mass is 344 g/mol. The second kappa shape index (κ2) is 8.12. The summed E-state index contributed by atoms with van der Waals surface area (Å²) in [6, 6.07) is 25.0. The van der Waals surface area contributed by atoms with Crippen molar-refractivity contribution in [3.05, 3.63) is 90.0 Å². The van der Waals surface area contributed by atoms with Gasteiger partial charge in [-0.15, -0.1) is 0 Å². The molecule has 0 saturated heterocycles. The lowest BCUT2D eigenvalue weighted by atomic mass is 10.0. The third kappa shape index (κ3) is 4.16. The highest BCUT2D eigenvalue weighted by Gasteiger charge is 2.06. The number of rotatable bonds is 5. The summed E-state index contributed by atoms with van der Waals surface area (Å²) >= 11 is 0. The van der Waals surface area contributed by atoms with Crippen molar-refractivity contribution >= 4 is 11.6 Å². The Hall–Kier alpha value is -3.40. The molecular weight excluding hydrogens is 324 g/mol. The Kier molecular flexibility index (Phi) is 5.44. The third-order valence-corrected chi connectivity index (χ3v) is 4.09. The number of benzene rings is 3. The van der Waals surface area contributed by atoms with Crippen molar-refractivity contribution < 1.29 is 9.53 Å². The summed E-state index contributed by atoms with van der Waals surface area (Å²) in [6.45, 7) is 1.85. The number of methoxy groups -OCH3 is 1. The number of hydrogen-bond donors (Lipinski definition) is 1. The van der Waals surface area contributed by atoms with Gasteiger partial charge in [-0.25, -0.2) is 5.43 Å². The van der Waals surface area contributed by atoms with Gasteiger partial charge in [0, 0.05) is 5.56 Å². The topological polar surface area (TPSA) is 50.7 Å². The molecule has 0 unspecified atom stereocenters. The Morgan fingerprint density at radius 3 is 2.00 bits per heavy atom. The Morgan fingerprint density at radius 1 is 0.808 bits per heavy atom. The molecule has 0 fully saturated rings. The summed E-state index contributed by atoms with van der Waals surface area (Å²) in [7, 11) is 1.62. The van der Waals surface area contributed by atoms with Crippen molar-refractivity contribution in [1.29, 1.82) is 0 Å². The first kappa shape index (κ1) is 17.4. The maximum absolute atomic E-state index is 12.3. The highest BCUT2D eigenvalue weighted by molar-refractivity contribution is 6.01. The van der Waals surface area contributed by atoms with Gasteiger partial charge in [0.05, 0.1) is 12.8 Å². The highest BCUT2D eigenvalue weighted by atomic mass is 16.5. The lowest BCUT2D eigenvalue weighted by Crippen LogP contribution is -2.19. The Bertz CT molecular complexity index is 899. The van der Waals surface area contributed by atoms with Crippen molar-refractivity contribution in [1.82, 2.24) is 5.43 Å². The fourth-order valence-corrected chi connectivity index (χ4v) is 2.54. The van der Waals surface area contributed by atoms with Crippen LogP contribution in [0.2, 0.25) is 0 Å². The lowest BCUT2D eigenvalue weighted by Gasteiger charge is -2.06. The molecule has 3 aromatic rings. The molecule has 4 nitrogen and oxygen atoms in total. The van der Waals surface area contributed by atoms with Crippen LogP contribution >= 0.6 is 0 Å². The minimum Gasteiger partial charge on any atom is -0.497 e.